The molecule has 33 heavy (non-hydrogen) atoms. The van der Waals surface area contributed by atoms with Gasteiger partial charge in [-0.05, 0) is 61.4 Å². The summed E-state index contributed by atoms with van der Waals surface area (Å²) in [5, 5.41) is 0. The van der Waals surface area contributed by atoms with Gasteiger partial charge in [0, 0.05) is 11.1 Å². The number of ether oxygens (including phenoxy) is 2. The molecule has 0 aliphatic rings. The lowest BCUT2D eigenvalue weighted by Gasteiger charge is -2.06. The largest absolute Gasteiger partial charge is 0.494 e. The molecule has 0 bridgehead atoms. The van der Waals surface area contributed by atoms with Crippen LogP contribution < -0.4 is 9.47 Å². The number of benzene rings is 2. The maximum absolute atomic E-state index is 5.87. The van der Waals surface area contributed by atoms with Crippen LogP contribution in [0.1, 0.15) is 95.6 Å². The van der Waals surface area contributed by atoms with Gasteiger partial charge in [-0.25, -0.2) is 0 Å². The van der Waals surface area contributed by atoms with E-state index < -0.39 is 0 Å². The molecule has 2 aromatic carbocycles. The molecule has 0 amide bonds. The van der Waals surface area contributed by atoms with Crippen LogP contribution in [-0.2, 0) is 0 Å². The minimum absolute atomic E-state index is 0.613. The van der Waals surface area contributed by atoms with Gasteiger partial charge < -0.3 is 9.47 Å². The minimum atomic E-state index is 0.613. The summed E-state index contributed by atoms with van der Waals surface area (Å²) < 4.78 is 11.6. The van der Waals surface area contributed by atoms with E-state index in [-0.39, 0.29) is 0 Å². The van der Waals surface area contributed by atoms with Gasteiger partial charge in [-0.3, -0.25) is 0 Å². The van der Waals surface area contributed by atoms with Crippen molar-refractivity contribution in [2.75, 3.05) is 13.2 Å². The van der Waals surface area contributed by atoms with Crippen LogP contribution in [0, 0.1) is 11.8 Å². The van der Waals surface area contributed by atoms with Crippen molar-refractivity contribution in [3.8, 4) is 23.3 Å². The molecule has 0 fully saturated rings. The Bertz CT molecular complexity index is 822. The lowest BCUT2D eigenvalue weighted by Crippen LogP contribution is -1.97. The summed E-state index contributed by atoms with van der Waals surface area (Å²) in [7, 11) is 0. The number of hydrogen-bond donors (Lipinski definition) is 0. The monoisotopic (exact) mass is 446 g/mol. The lowest BCUT2D eigenvalue weighted by molar-refractivity contribution is 0.304. The van der Waals surface area contributed by atoms with Gasteiger partial charge in [0.15, 0.2) is 0 Å². The number of unbranched alkanes of at least 4 members (excludes halogenated alkanes) is 9. The Morgan fingerprint density at radius 1 is 0.576 bits per heavy atom. The summed E-state index contributed by atoms with van der Waals surface area (Å²) >= 11 is 0. The van der Waals surface area contributed by atoms with E-state index >= 15 is 0 Å². The quantitative estimate of drug-likeness (QED) is 0.146. The van der Waals surface area contributed by atoms with Crippen LogP contribution in [0.25, 0.3) is 0 Å². The molecule has 2 rings (SSSR count). The zero-order chi connectivity index (χ0) is 23.4. The molecule has 2 aromatic rings. The molecule has 0 aliphatic heterocycles. The fraction of sp³-hybridized carbons (Fsp3) is 0.484. The van der Waals surface area contributed by atoms with Crippen molar-refractivity contribution in [1.82, 2.24) is 0 Å². The molecule has 0 N–H and O–H groups in total. The van der Waals surface area contributed by atoms with Gasteiger partial charge in [-0.2, -0.15) is 0 Å². The molecule has 0 saturated carbocycles. The van der Waals surface area contributed by atoms with Crippen LogP contribution >= 0.6 is 0 Å². The third kappa shape index (κ3) is 12.8. The first-order valence-corrected chi connectivity index (χ1v) is 12.9. The molecular formula is C31H42O2. The molecule has 178 valence electrons. The van der Waals surface area contributed by atoms with Gasteiger partial charge in [-0.1, -0.05) is 95.6 Å². The van der Waals surface area contributed by atoms with E-state index in [1.54, 1.807) is 0 Å². The molecule has 0 aromatic heterocycles. The average Bonchev–Trinajstić information content (AvgIpc) is 2.85. The van der Waals surface area contributed by atoms with E-state index in [9.17, 15) is 0 Å². The van der Waals surface area contributed by atoms with Crippen LogP contribution in [0.5, 0.6) is 11.5 Å². The van der Waals surface area contributed by atoms with Gasteiger partial charge in [0.1, 0.15) is 18.1 Å². The van der Waals surface area contributed by atoms with Crippen LogP contribution in [0.2, 0.25) is 0 Å². The number of rotatable bonds is 16. The topological polar surface area (TPSA) is 18.5 Å². The first-order chi connectivity index (χ1) is 16.3. The Morgan fingerprint density at radius 3 is 1.67 bits per heavy atom. The van der Waals surface area contributed by atoms with Crippen molar-refractivity contribution in [3.63, 3.8) is 0 Å². The number of hydrogen-bond acceptors (Lipinski definition) is 2. The summed E-state index contributed by atoms with van der Waals surface area (Å²) in [5.74, 6) is 8.25. The van der Waals surface area contributed by atoms with E-state index in [4.69, 9.17) is 9.47 Å². The van der Waals surface area contributed by atoms with Gasteiger partial charge in [-0.15, -0.1) is 0 Å². The van der Waals surface area contributed by atoms with Gasteiger partial charge in [0.05, 0.1) is 6.61 Å². The van der Waals surface area contributed by atoms with Crippen LogP contribution in [0.3, 0.4) is 0 Å². The Hall–Kier alpha value is -2.66. The van der Waals surface area contributed by atoms with Crippen molar-refractivity contribution in [2.24, 2.45) is 0 Å². The smallest absolute Gasteiger partial charge is 0.119 e. The summed E-state index contributed by atoms with van der Waals surface area (Å²) in [6.07, 6.45) is 18.4. The summed E-state index contributed by atoms with van der Waals surface area (Å²) in [6, 6.07) is 16.0. The Balaban J connectivity index is 1.65. The van der Waals surface area contributed by atoms with Gasteiger partial charge >= 0.3 is 0 Å². The van der Waals surface area contributed by atoms with E-state index in [1.165, 1.54) is 57.8 Å². The molecule has 0 heterocycles. The van der Waals surface area contributed by atoms with Crippen LogP contribution in [0.15, 0.2) is 60.7 Å². The van der Waals surface area contributed by atoms with Crippen LogP contribution in [-0.4, -0.2) is 13.2 Å². The first kappa shape index (κ1) is 26.6. The van der Waals surface area contributed by atoms with E-state index in [0.29, 0.717) is 6.61 Å². The maximum Gasteiger partial charge on any atom is 0.119 e. The summed E-state index contributed by atoms with van der Waals surface area (Å²) in [6.45, 7) is 5.88. The van der Waals surface area contributed by atoms with Crippen molar-refractivity contribution in [2.45, 2.75) is 84.5 Å². The lowest BCUT2D eigenvalue weighted by atomic mass is 10.1. The number of allylic oxidation sites excluding steroid dienone is 1. The molecule has 0 atom stereocenters. The highest BCUT2D eigenvalue weighted by Crippen LogP contribution is 2.15. The molecule has 0 aliphatic carbocycles. The second-order valence-corrected chi connectivity index (χ2v) is 8.55. The SMILES string of the molecule is CCCCC=CCOc1ccc(C#Cc2ccc(OCCCCCCCCCC)cc2)cc1. The van der Waals surface area contributed by atoms with E-state index in [0.717, 1.165) is 42.1 Å². The van der Waals surface area contributed by atoms with Crippen molar-refractivity contribution < 1.29 is 9.47 Å². The fourth-order valence-electron chi connectivity index (χ4n) is 3.49. The molecule has 0 radical (unpaired) electrons. The minimum Gasteiger partial charge on any atom is -0.494 e. The molecule has 0 unspecified atom stereocenters. The zero-order valence-corrected chi connectivity index (χ0v) is 20.8. The molecule has 0 saturated heterocycles. The normalized spacial score (nSPS) is 10.7. The maximum atomic E-state index is 5.87. The Labute approximate surface area is 202 Å². The first-order valence-electron chi connectivity index (χ1n) is 12.9. The zero-order valence-electron chi connectivity index (χ0n) is 20.8. The summed E-state index contributed by atoms with van der Waals surface area (Å²) in [4.78, 5) is 0. The van der Waals surface area contributed by atoms with Crippen molar-refractivity contribution >= 4 is 0 Å². The van der Waals surface area contributed by atoms with Gasteiger partial charge in [0.25, 0.3) is 0 Å². The average molecular weight is 447 g/mol. The van der Waals surface area contributed by atoms with E-state index in [2.05, 4.69) is 37.8 Å². The summed E-state index contributed by atoms with van der Waals surface area (Å²) in [5.41, 5.74) is 1.97. The molecule has 2 heteroatoms. The standard InChI is InChI=1S/C31H42O2/c1-3-5-7-9-10-11-13-15-27-33-31-24-20-29(21-25-31)17-16-28-18-22-30(23-19-28)32-26-14-12-8-6-4-2/h12,14,18-25H,3-11,13,15,26-27H2,1-2H3. The molecule has 2 nitrogen and oxygen atoms in total. The highest BCUT2D eigenvalue weighted by Gasteiger charge is 1.96. The Morgan fingerprint density at radius 2 is 1.09 bits per heavy atom. The van der Waals surface area contributed by atoms with Crippen molar-refractivity contribution in [3.05, 3.63) is 71.8 Å². The van der Waals surface area contributed by atoms with E-state index in [1.807, 2.05) is 48.5 Å². The third-order valence-corrected chi connectivity index (χ3v) is 5.56. The predicted octanol–water partition coefficient (Wildman–Crippen LogP) is 8.73. The third-order valence-electron chi connectivity index (χ3n) is 5.56. The van der Waals surface area contributed by atoms with Crippen LogP contribution in [0.4, 0.5) is 0 Å². The second-order valence-electron chi connectivity index (χ2n) is 8.55. The highest BCUT2D eigenvalue weighted by molar-refractivity contribution is 5.45. The van der Waals surface area contributed by atoms with Gasteiger partial charge in [0.2, 0.25) is 0 Å². The van der Waals surface area contributed by atoms with Crippen molar-refractivity contribution in [1.29, 1.82) is 0 Å². The molecule has 0 spiro atoms. The highest BCUT2D eigenvalue weighted by atomic mass is 16.5. The second kappa shape index (κ2) is 17.8. The fourth-order valence-corrected chi connectivity index (χ4v) is 3.49. The molecular weight excluding hydrogens is 404 g/mol. The predicted molar refractivity (Wildman–Crippen MR) is 141 cm³/mol. The Kier molecular flexibility index (Phi) is 14.4.